The molecule has 0 radical (unpaired) electrons. The first-order valence-electron chi connectivity index (χ1n) is 6.47. The molecule has 3 heteroatoms. The average molecular weight is 212 g/mol. The molecule has 88 valence electrons. The predicted octanol–water partition coefficient (Wildman–Crippen LogP) is 0.929. The van der Waals surface area contributed by atoms with Crippen LogP contribution in [0, 0.1) is 0 Å². The van der Waals surface area contributed by atoms with Gasteiger partial charge in [-0.3, -0.25) is 0 Å². The molecular weight excluding hydrogens is 188 g/mol. The lowest BCUT2D eigenvalue weighted by Gasteiger charge is -2.33. The van der Waals surface area contributed by atoms with E-state index in [1.807, 2.05) is 0 Å². The van der Waals surface area contributed by atoms with E-state index in [-0.39, 0.29) is 6.10 Å². The molecule has 15 heavy (non-hydrogen) atoms. The van der Waals surface area contributed by atoms with E-state index in [9.17, 15) is 5.11 Å². The average Bonchev–Trinajstić information content (AvgIpc) is 2.30. The van der Waals surface area contributed by atoms with E-state index in [1.54, 1.807) is 0 Å². The second-order valence-electron chi connectivity index (χ2n) is 4.98. The van der Waals surface area contributed by atoms with Crippen LogP contribution in [-0.2, 0) is 0 Å². The van der Waals surface area contributed by atoms with E-state index in [2.05, 4.69) is 9.80 Å². The summed E-state index contributed by atoms with van der Waals surface area (Å²) in [5.74, 6) is 0. The first-order chi connectivity index (χ1) is 7.34. The maximum absolute atomic E-state index is 9.41. The number of hydrogen-bond acceptors (Lipinski definition) is 3. The largest absolute Gasteiger partial charge is 0.393 e. The highest BCUT2D eigenvalue weighted by molar-refractivity contribution is 4.73. The maximum atomic E-state index is 9.41. The van der Waals surface area contributed by atoms with Crippen LogP contribution < -0.4 is 0 Å². The summed E-state index contributed by atoms with van der Waals surface area (Å²) in [7, 11) is 0. The van der Waals surface area contributed by atoms with Gasteiger partial charge in [-0.2, -0.15) is 0 Å². The number of hydrogen-bond donors (Lipinski definition) is 1. The molecule has 3 nitrogen and oxygen atoms in total. The Morgan fingerprint density at radius 1 is 0.800 bits per heavy atom. The number of rotatable bonds is 3. The molecule has 2 aliphatic rings. The fourth-order valence-corrected chi connectivity index (χ4v) is 2.61. The van der Waals surface area contributed by atoms with E-state index < -0.39 is 0 Å². The SMILES string of the molecule is OC1CCN(CCN2CCCCC2)CC1. The summed E-state index contributed by atoms with van der Waals surface area (Å²) >= 11 is 0. The molecule has 0 aromatic rings. The van der Waals surface area contributed by atoms with Crippen molar-refractivity contribution in [1.82, 2.24) is 9.80 Å². The minimum absolute atomic E-state index is 0.0313. The summed E-state index contributed by atoms with van der Waals surface area (Å²) in [6.45, 7) is 7.22. The van der Waals surface area contributed by atoms with Crippen LogP contribution in [0.4, 0.5) is 0 Å². The van der Waals surface area contributed by atoms with Gasteiger partial charge in [0.25, 0.3) is 0 Å². The third kappa shape index (κ3) is 3.74. The Kier molecular flexibility index (Phi) is 4.42. The first kappa shape index (κ1) is 11.4. The van der Waals surface area contributed by atoms with E-state index >= 15 is 0 Å². The molecule has 0 spiro atoms. The van der Waals surface area contributed by atoms with Crippen molar-refractivity contribution in [3.05, 3.63) is 0 Å². The normalized spacial score (nSPS) is 27.0. The van der Waals surface area contributed by atoms with Gasteiger partial charge >= 0.3 is 0 Å². The Balaban J connectivity index is 1.60. The first-order valence-corrected chi connectivity index (χ1v) is 6.47. The molecule has 2 fully saturated rings. The smallest absolute Gasteiger partial charge is 0.0564 e. The van der Waals surface area contributed by atoms with Crippen molar-refractivity contribution in [3.8, 4) is 0 Å². The van der Waals surface area contributed by atoms with Crippen LogP contribution in [0.5, 0.6) is 0 Å². The van der Waals surface area contributed by atoms with Gasteiger partial charge in [0, 0.05) is 26.2 Å². The minimum atomic E-state index is -0.0313. The summed E-state index contributed by atoms with van der Waals surface area (Å²) in [6, 6.07) is 0. The van der Waals surface area contributed by atoms with Crippen molar-refractivity contribution in [2.45, 2.75) is 38.2 Å². The number of piperidine rings is 2. The standard InChI is InChI=1S/C12H24N2O/c15-12-4-8-14(9-5-12)11-10-13-6-2-1-3-7-13/h12,15H,1-11H2. The molecule has 2 heterocycles. The van der Waals surface area contributed by atoms with Gasteiger partial charge in [0.05, 0.1) is 6.10 Å². The lowest BCUT2D eigenvalue weighted by atomic mass is 10.1. The van der Waals surface area contributed by atoms with Crippen LogP contribution >= 0.6 is 0 Å². The molecule has 0 aliphatic carbocycles. The molecule has 0 unspecified atom stereocenters. The van der Waals surface area contributed by atoms with Crippen LogP contribution in [0.2, 0.25) is 0 Å². The van der Waals surface area contributed by atoms with Crippen molar-refractivity contribution < 1.29 is 5.11 Å². The Bertz CT molecular complexity index is 172. The lowest BCUT2D eigenvalue weighted by Crippen LogP contribution is -2.42. The highest BCUT2D eigenvalue weighted by Gasteiger charge is 2.17. The molecule has 0 amide bonds. The Hall–Kier alpha value is -0.120. The zero-order valence-corrected chi connectivity index (χ0v) is 9.70. The summed E-state index contributed by atoms with van der Waals surface area (Å²) in [4.78, 5) is 5.09. The van der Waals surface area contributed by atoms with Gasteiger partial charge in [-0.05, 0) is 38.8 Å². The van der Waals surface area contributed by atoms with Gasteiger partial charge in [0.2, 0.25) is 0 Å². The highest BCUT2D eigenvalue weighted by atomic mass is 16.3. The third-order valence-corrected chi connectivity index (χ3v) is 3.74. The van der Waals surface area contributed by atoms with Gasteiger partial charge in [0.15, 0.2) is 0 Å². The topological polar surface area (TPSA) is 26.7 Å². The van der Waals surface area contributed by atoms with Crippen LogP contribution in [0.15, 0.2) is 0 Å². The molecule has 0 bridgehead atoms. The quantitative estimate of drug-likeness (QED) is 0.754. The lowest BCUT2D eigenvalue weighted by molar-refractivity contribution is 0.0751. The van der Waals surface area contributed by atoms with Gasteiger partial charge in [-0.15, -0.1) is 0 Å². The molecule has 2 rings (SSSR count). The van der Waals surface area contributed by atoms with E-state index in [0.29, 0.717) is 0 Å². The molecular formula is C12H24N2O. The molecule has 0 atom stereocenters. The van der Waals surface area contributed by atoms with Crippen LogP contribution in [0.25, 0.3) is 0 Å². The zero-order valence-electron chi connectivity index (χ0n) is 9.70. The predicted molar refractivity (Wildman–Crippen MR) is 62.0 cm³/mol. The van der Waals surface area contributed by atoms with Crippen molar-refractivity contribution >= 4 is 0 Å². The van der Waals surface area contributed by atoms with Crippen molar-refractivity contribution in [1.29, 1.82) is 0 Å². The minimum Gasteiger partial charge on any atom is -0.393 e. The number of aliphatic hydroxyl groups excluding tert-OH is 1. The molecule has 0 saturated carbocycles. The summed E-state index contributed by atoms with van der Waals surface area (Å²) < 4.78 is 0. The van der Waals surface area contributed by atoms with Gasteiger partial charge in [-0.25, -0.2) is 0 Å². The van der Waals surface area contributed by atoms with Crippen LogP contribution in [0.3, 0.4) is 0 Å². The summed E-state index contributed by atoms with van der Waals surface area (Å²) in [6.07, 6.45) is 6.11. The number of aliphatic hydroxyl groups is 1. The van der Waals surface area contributed by atoms with Crippen molar-refractivity contribution in [3.63, 3.8) is 0 Å². The Morgan fingerprint density at radius 3 is 1.93 bits per heavy atom. The van der Waals surface area contributed by atoms with Crippen LogP contribution in [0.1, 0.15) is 32.1 Å². The Morgan fingerprint density at radius 2 is 1.33 bits per heavy atom. The highest BCUT2D eigenvalue weighted by Crippen LogP contribution is 2.11. The van der Waals surface area contributed by atoms with Gasteiger partial charge < -0.3 is 14.9 Å². The molecule has 2 aliphatic heterocycles. The van der Waals surface area contributed by atoms with E-state index in [4.69, 9.17) is 0 Å². The summed E-state index contributed by atoms with van der Waals surface area (Å²) in [5.41, 5.74) is 0. The zero-order chi connectivity index (χ0) is 10.5. The van der Waals surface area contributed by atoms with E-state index in [1.165, 1.54) is 45.4 Å². The van der Waals surface area contributed by atoms with Crippen molar-refractivity contribution in [2.75, 3.05) is 39.3 Å². The monoisotopic (exact) mass is 212 g/mol. The summed E-state index contributed by atoms with van der Waals surface area (Å²) in [5, 5.41) is 9.41. The number of likely N-dealkylation sites (tertiary alicyclic amines) is 2. The van der Waals surface area contributed by atoms with Gasteiger partial charge in [-0.1, -0.05) is 6.42 Å². The van der Waals surface area contributed by atoms with Gasteiger partial charge in [0.1, 0.15) is 0 Å². The maximum Gasteiger partial charge on any atom is 0.0564 e. The number of nitrogens with zero attached hydrogens (tertiary/aromatic N) is 2. The van der Waals surface area contributed by atoms with E-state index in [0.717, 1.165) is 25.9 Å². The third-order valence-electron chi connectivity index (χ3n) is 3.74. The molecule has 0 aromatic carbocycles. The second-order valence-corrected chi connectivity index (χ2v) is 4.98. The fourth-order valence-electron chi connectivity index (χ4n) is 2.61. The molecule has 1 N–H and O–H groups in total. The van der Waals surface area contributed by atoms with Crippen molar-refractivity contribution in [2.24, 2.45) is 0 Å². The van der Waals surface area contributed by atoms with Crippen LogP contribution in [-0.4, -0.2) is 60.3 Å². The second kappa shape index (κ2) is 5.83. The molecule has 2 saturated heterocycles. The Labute approximate surface area is 93.1 Å². The molecule has 0 aromatic heterocycles. The fraction of sp³-hybridized carbons (Fsp3) is 1.00.